The minimum Gasteiger partial charge on any atom is -0.356 e. The summed E-state index contributed by atoms with van der Waals surface area (Å²) >= 11 is 0. The zero-order chi connectivity index (χ0) is 11.5. The molecule has 88 valence electrons. The molecule has 1 saturated carbocycles. The van der Waals surface area contributed by atoms with Crippen molar-refractivity contribution >= 4 is 5.91 Å². The lowest BCUT2D eigenvalue weighted by atomic mass is 9.92. The Bertz CT molecular complexity index is 220. The molecule has 0 radical (unpaired) electrons. The molecule has 0 aromatic carbocycles. The molecule has 0 saturated heterocycles. The fourth-order valence-corrected chi connectivity index (χ4v) is 1.96. The molecule has 1 amide bonds. The number of carbonyl (C=O) groups excluding carboxylic acids is 1. The van der Waals surface area contributed by atoms with Gasteiger partial charge >= 0.3 is 0 Å². The SMILES string of the molecule is CC(C)(C)CCNC(=O)C1CCC(N)C1. The lowest BCUT2D eigenvalue weighted by Gasteiger charge is -2.19. The normalized spacial score (nSPS) is 26.7. The number of hydrogen-bond acceptors (Lipinski definition) is 2. The van der Waals surface area contributed by atoms with E-state index in [2.05, 4.69) is 26.1 Å². The number of hydrogen-bond donors (Lipinski definition) is 2. The molecule has 0 aromatic rings. The lowest BCUT2D eigenvalue weighted by molar-refractivity contribution is -0.124. The smallest absolute Gasteiger partial charge is 0.223 e. The molecular weight excluding hydrogens is 188 g/mol. The summed E-state index contributed by atoms with van der Waals surface area (Å²) in [5.41, 5.74) is 6.07. The van der Waals surface area contributed by atoms with Gasteiger partial charge in [0.2, 0.25) is 5.91 Å². The highest BCUT2D eigenvalue weighted by Gasteiger charge is 2.27. The van der Waals surface area contributed by atoms with Crippen LogP contribution in [0, 0.1) is 11.3 Å². The monoisotopic (exact) mass is 212 g/mol. The molecule has 0 aliphatic heterocycles. The summed E-state index contributed by atoms with van der Waals surface area (Å²) in [6, 6.07) is 0.239. The summed E-state index contributed by atoms with van der Waals surface area (Å²) in [4.78, 5) is 11.7. The van der Waals surface area contributed by atoms with Crippen LogP contribution in [-0.4, -0.2) is 18.5 Å². The van der Waals surface area contributed by atoms with E-state index in [-0.39, 0.29) is 17.9 Å². The summed E-state index contributed by atoms with van der Waals surface area (Å²) in [7, 11) is 0. The first-order valence-electron chi connectivity index (χ1n) is 5.92. The molecule has 3 nitrogen and oxygen atoms in total. The second kappa shape index (κ2) is 4.97. The first kappa shape index (κ1) is 12.5. The number of nitrogens with two attached hydrogens (primary N) is 1. The van der Waals surface area contributed by atoms with Crippen molar-refractivity contribution < 1.29 is 4.79 Å². The van der Waals surface area contributed by atoms with Crippen molar-refractivity contribution in [3.63, 3.8) is 0 Å². The Balaban J connectivity index is 2.19. The van der Waals surface area contributed by atoms with Gasteiger partial charge in [-0.1, -0.05) is 20.8 Å². The third kappa shape index (κ3) is 4.65. The number of amides is 1. The molecule has 0 spiro atoms. The van der Waals surface area contributed by atoms with E-state index in [1.54, 1.807) is 0 Å². The van der Waals surface area contributed by atoms with Gasteiger partial charge in [-0.3, -0.25) is 4.79 Å². The van der Waals surface area contributed by atoms with Crippen LogP contribution < -0.4 is 11.1 Å². The zero-order valence-electron chi connectivity index (χ0n) is 10.2. The van der Waals surface area contributed by atoms with Crippen LogP contribution in [0.1, 0.15) is 46.5 Å². The summed E-state index contributed by atoms with van der Waals surface area (Å²) in [6.07, 6.45) is 3.85. The van der Waals surface area contributed by atoms with E-state index in [9.17, 15) is 4.79 Å². The van der Waals surface area contributed by atoms with E-state index in [0.717, 1.165) is 32.2 Å². The summed E-state index contributed by atoms with van der Waals surface area (Å²) in [6.45, 7) is 7.34. The van der Waals surface area contributed by atoms with Crippen molar-refractivity contribution in [1.82, 2.24) is 5.32 Å². The maximum Gasteiger partial charge on any atom is 0.223 e. The largest absolute Gasteiger partial charge is 0.356 e. The van der Waals surface area contributed by atoms with Crippen molar-refractivity contribution in [2.45, 2.75) is 52.5 Å². The lowest BCUT2D eigenvalue weighted by Crippen LogP contribution is -2.32. The van der Waals surface area contributed by atoms with E-state index in [1.165, 1.54) is 0 Å². The van der Waals surface area contributed by atoms with Gasteiger partial charge < -0.3 is 11.1 Å². The van der Waals surface area contributed by atoms with Crippen LogP contribution in [0.3, 0.4) is 0 Å². The van der Waals surface area contributed by atoms with Gasteiger partial charge in [0.25, 0.3) is 0 Å². The predicted molar refractivity (Wildman–Crippen MR) is 62.4 cm³/mol. The molecule has 0 aromatic heterocycles. The Morgan fingerprint density at radius 1 is 1.40 bits per heavy atom. The quantitative estimate of drug-likeness (QED) is 0.747. The molecule has 2 unspecified atom stereocenters. The highest BCUT2D eigenvalue weighted by atomic mass is 16.1. The Kier molecular flexibility index (Phi) is 4.14. The average Bonchev–Trinajstić information content (AvgIpc) is 2.49. The third-order valence-electron chi connectivity index (χ3n) is 3.02. The van der Waals surface area contributed by atoms with Crippen LogP contribution in [0.15, 0.2) is 0 Å². The highest BCUT2D eigenvalue weighted by molar-refractivity contribution is 5.78. The Morgan fingerprint density at radius 3 is 2.53 bits per heavy atom. The first-order chi connectivity index (χ1) is 6.88. The third-order valence-corrected chi connectivity index (χ3v) is 3.02. The molecular formula is C12H24N2O. The molecule has 15 heavy (non-hydrogen) atoms. The van der Waals surface area contributed by atoms with Crippen LogP contribution in [0.4, 0.5) is 0 Å². The van der Waals surface area contributed by atoms with Crippen LogP contribution in [0.25, 0.3) is 0 Å². The Labute approximate surface area is 92.8 Å². The molecule has 3 heteroatoms. The number of carbonyl (C=O) groups is 1. The van der Waals surface area contributed by atoms with Crippen molar-refractivity contribution in [1.29, 1.82) is 0 Å². The Morgan fingerprint density at radius 2 is 2.07 bits per heavy atom. The van der Waals surface area contributed by atoms with E-state index in [0.29, 0.717) is 5.41 Å². The maximum atomic E-state index is 11.7. The van der Waals surface area contributed by atoms with Gasteiger partial charge in [0.1, 0.15) is 0 Å². The first-order valence-corrected chi connectivity index (χ1v) is 5.92. The second-order valence-electron chi connectivity index (χ2n) is 5.87. The average molecular weight is 212 g/mol. The number of nitrogens with one attached hydrogen (secondary N) is 1. The van der Waals surface area contributed by atoms with E-state index in [4.69, 9.17) is 5.73 Å². The van der Waals surface area contributed by atoms with Gasteiger partial charge in [0, 0.05) is 18.5 Å². The van der Waals surface area contributed by atoms with Gasteiger partial charge in [-0.15, -0.1) is 0 Å². The van der Waals surface area contributed by atoms with Crippen LogP contribution >= 0.6 is 0 Å². The predicted octanol–water partition coefficient (Wildman–Crippen LogP) is 1.67. The topological polar surface area (TPSA) is 55.1 Å². The maximum absolute atomic E-state index is 11.7. The van der Waals surface area contributed by atoms with Crippen molar-refractivity contribution in [3.8, 4) is 0 Å². The molecule has 0 heterocycles. The van der Waals surface area contributed by atoms with Crippen LogP contribution in [-0.2, 0) is 4.79 Å². The summed E-state index contributed by atoms with van der Waals surface area (Å²) in [5, 5.41) is 3.01. The van der Waals surface area contributed by atoms with E-state index < -0.39 is 0 Å². The molecule has 1 rings (SSSR count). The van der Waals surface area contributed by atoms with E-state index >= 15 is 0 Å². The van der Waals surface area contributed by atoms with Crippen molar-refractivity contribution in [2.75, 3.05) is 6.54 Å². The van der Waals surface area contributed by atoms with E-state index in [1.807, 2.05) is 0 Å². The van der Waals surface area contributed by atoms with Gasteiger partial charge in [-0.2, -0.15) is 0 Å². The highest BCUT2D eigenvalue weighted by Crippen LogP contribution is 2.24. The van der Waals surface area contributed by atoms with Crippen molar-refractivity contribution in [3.05, 3.63) is 0 Å². The minimum atomic E-state index is 0.167. The zero-order valence-corrected chi connectivity index (χ0v) is 10.2. The van der Waals surface area contributed by atoms with Gasteiger partial charge in [-0.05, 0) is 31.1 Å². The van der Waals surface area contributed by atoms with Crippen molar-refractivity contribution in [2.24, 2.45) is 17.1 Å². The minimum absolute atomic E-state index is 0.167. The fraction of sp³-hybridized carbons (Fsp3) is 0.917. The van der Waals surface area contributed by atoms with Gasteiger partial charge in [-0.25, -0.2) is 0 Å². The summed E-state index contributed by atoms with van der Waals surface area (Å²) < 4.78 is 0. The second-order valence-corrected chi connectivity index (χ2v) is 5.87. The van der Waals surface area contributed by atoms with Gasteiger partial charge in [0.15, 0.2) is 0 Å². The number of rotatable bonds is 3. The Hall–Kier alpha value is -0.570. The van der Waals surface area contributed by atoms with Crippen LogP contribution in [0.5, 0.6) is 0 Å². The standard InChI is InChI=1S/C12H24N2O/c1-12(2,3)6-7-14-11(15)9-4-5-10(13)8-9/h9-10H,4-8,13H2,1-3H3,(H,14,15). The van der Waals surface area contributed by atoms with Gasteiger partial charge in [0.05, 0.1) is 0 Å². The molecule has 2 atom stereocenters. The molecule has 3 N–H and O–H groups in total. The fourth-order valence-electron chi connectivity index (χ4n) is 1.96. The summed E-state index contributed by atoms with van der Waals surface area (Å²) in [5.74, 6) is 0.368. The molecule has 1 aliphatic carbocycles. The molecule has 0 bridgehead atoms. The van der Waals surface area contributed by atoms with Crippen LogP contribution in [0.2, 0.25) is 0 Å². The molecule has 1 aliphatic rings. The molecule has 1 fully saturated rings.